The molecule has 4 nitrogen and oxygen atoms in total. The summed E-state index contributed by atoms with van der Waals surface area (Å²) < 4.78 is 15.6. The molecule has 116 valence electrons. The second kappa shape index (κ2) is 5.96. The molecule has 1 amide bonds. The second-order valence-electron chi connectivity index (χ2n) is 5.05. The smallest absolute Gasteiger partial charge is 0.257 e. The third-order valence-electron chi connectivity index (χ3n) is 3.45. The van der Waals surface area contributed by atoms with Crippen LogP contribution < -0.4 is 5.32 Å². The third kappa shape index (κ3) is 3.03. The molecule has 0 bridgehead atoms. The molecule has 0 aliphatic rings. The number of nitrogens with one attached hydrogen (secondary N) is 1. The van der Waals surface area contributed by atoms with Crippen LogP contribution in [0.15, 0.2) is 53.1 Å². The minimum absolute atomic E-state index is 0.289. The molecule has 0 aliphatic carbocycles. The van der Waals surface area contributed by atoms with Crippen LogP contribution in [0.2, 0.25) is 0 Å². The number of aromatic nitrogens is 1. The van der Waals surface area contributed by atoms with E-state index in [1.54, 1.807) is 12.1 Å². The molecule has 2 aromatic carbocycles. The summed E-state index contributed by atoms with van der Waals surface area (Å²) in [4.78, 5) is 24.2. The summed E-state index contributed by atoms with van der Waals surface area (Å²) in [6.07, 6.45) is 1.43. The van der Waals surface area contributed by atoms with E-state index in [0.29, 0.717) is 22.2 Å². The Kier molecular flexibility index (Phi) is 4.00. The molecule has 0 saturated heterocycles. The second-order valence-corrected chi connectivity index (χ2v) is 5.97. The number of fused-ring (bicyclic) bond motifs is 1. The number of hydrogen-bond donors (Lipinski definition) is 1. The van der Waals surface area contributed by atoms with E-state index in [9.17, 15) is 14.0 Å². The van der Waals surface area contributed by atoms with Crippen molar-refractivity contribution < 1.29 is 14.0 Å². The van der Waals surface area contributed by atoms with Crippen LogP contribution >= 0.6 is 15.9 Å². The average Bonchev–Trinajstić information content (AvgIpc) is 2.88. The lowest BCUT2D eigenvalue weighted by Gasteiger charge is -2.04. The first-order valence-corrected chi connectivity index (χ1v) is 7.63. The average molecular weight is 375 g/mol. The van der Waals surface area contributed by atoms with Gasteiger partial charge in [-0.3, -0.25) is 14.2 Å². The van der Waals surface area contributed by atoms with Crippen LogP contribution in [-0.2, 0) is 0 Å². The van der Waals surface area contributed by atoms with Gasteiger partial charge in [0, 0.05) is 28.7 Å². The van der Waals surface area contributed by atoms with Gasteiger partial charge < -0.3 is 5.32 Å². The van der Waals surface area contributed by atoms with Crippen molar-refractivity contribution in [2.45, 2.75) is 6.92 Å². The molecule has 6 heteroatoms. The van der Waals surface area contributed by atoms with E-state index in [-0.39, 0.29) is 11.8 Å². The van der Waals surface area contributed by atoms with E-state index < -0.39 is 5.82 Å². The molecular formula is C17H12BrFN2O2. The highest BCUT2D eigenvalue weighted by atomic mass is 79.9. The number of amides is 1. The Balaban J connectivity index is 2.03. The Morgan fingerprint density at radius 3 is 2.48 bits per heavy atom. The first kappa shape index (κ1) is 15.4. The van der Waals surface area contributed by atoms with Gasteiger partial charge in [-0.05, 0) is 42.5 Å². The zero-order chi connectivity index (χ0) is 16.6. The summed E-state index contributed by atoms with van der Waals surface area (Å²) in [5, 5.41) is 3.29. The Labute approximate surface area is 140 Å². The number of carbonyl (C=O) groups excluding carboxylic acids is 2. The third-order valence-corrected chi connectivity index (χ3v) is 3.98. The Bertz CT molecular complexity index is 916. The molecule has 1 N–H and O–H groups in total. The Morgan fingerprint density at radius 2 is 1.83 bits per heavy atom. The Hall–Kier alpha value is -2.47. The standard InChI is InChI=1S/C17H12BrFN2O2/c1-10(22)21-9-15(14-7-4-12(19)8-16(14)21)17(23)20-13-5-2-11(18)3-6-13/h2-9H,1H3,(H,20,23). The summed E-state index contributed by atoms with van der Waals surface area (Å²) in [5.41, 5.74) is 1.32. The van der Waals surface area contributed by atoms with Gasteiger partial charge in [0.25, 0.3) is 5.91 Å². The molecule has 23 heavy (non-hydrogen) atoms. The molecule has 0 fully saturated rings. The lowest BCUT2D eigenvalue weighted by molar-refractivity contribution is 0.0941. The lowest BCUT2D eigenvalue weighted by atomic mass is 10.1. The quantitative estimate of drug-likeness (QED) is 0.719. The molecule has 1 aromatic heterocycles. The number of hydrogen-bond acceptors (Lipinski definition) is 2. The first-order valence-electron chi connectivity index (χ1n) is 6.84. The Morgan fingerprint density at radius 1 is 1.13 bits per heavy atom. The molecule has 0 atom stereocenters. The summed E-state index contributed by atoms with van der Waals surface area (Å²) in [6, 6.07) is 11.1. The summed E-state index contributed by atoms with van der Waals surface area (Å²) in [7, 11) is 0. The highest BCUT2D eigenvalue weighted by Crippen LogP contribution is 2.24. The number of benzene rings is 2. The predicted molar refractivity (Wildman–Crippen MR) is 90.3 cm³/mol. The zero-order valence-corrected chi connectivity index (χ0v) is 13.7. The SMILES string of the molecule is CC(=O)n1cc(C(=O)Nc2ccc(Br)cc2)c2ccc(F)cc21. The maximum atomic E-state index is 13.4. The van der Waals surface area contributed by atoms with Crippen LogP contribution in [0.4, 0.5) is 10.1 Å². The highest BCUT2D eigenvalue weighted by molar-refractivity contribution is 9.10. The molecule has 0 aliphatic heterocycles. The molecule has 3 rings (SSSR count). The van der Waals surface area contributed by atoms with Crippen LogP contribution in [0, 0.1) is 5.82 Å². The fraction of sp³-hybridized carbons (Fsp3) is 0.0588. The molecule has 0 saturated carbocycles. The van der Waals surface area contributed by atoms with Crippen LogP contribution in [0.1, 0.15) is 22.1 Å². The highest BCUT2D eigenvalue weighted by Gasteiger charge is 2.17. The molecule has 0 radical (unpaired) electrons. The van der Waals surface area contributed by atoms with Gasteiger partial charge in [0.15, 0.2) is 0 Å². The van der Waals surface area contributed by atoms with Gasteiger partial charge in [0.05, 0.1) is 11.1 Å². The molecular weight excluding hydrogens is 363 g/mol. The van der Waals surface area contributed by atoms with Crippen molar-refractivity contribution in [1.29, 1.82) is 0 Å². The van der Waals surface area contributed by atoms with Gasteiger partial charge in [-0.1, -0.05) is 15.9 Å². The number of carbonyl (C=O) groups is 2. The number of nitrogens with zero attached hydrogens (tertiary/aromatic N) is 1. The first-order chi connectivity index (χ1) is 11.0. The minimum Gasteiger partial charge on any atom is -0.322 e. The van der Waals surface area contributed by atoms with Crippen LogP contribution in [-0.4, -0.2) is 16.4 Å². The van der Waals surface area contributed by atoms with Crippen LogP contribution in [0.25, 0.3) is 10.9 Å². The summed E-state index contributed by atoms with van der Waals surface area (Å²) in [6.45, 7) is 1.36. The van der Waals surface area contributed by atoms with Gasteiger partial charge in [-0.25, -0.2) is 4.39 Å². The van der Waals surface area contributed by atoms with E-state index in [4.69, 9.17) is 0 Å². The van der Waals surface area contributed by atoms with Crippen molar-refractivity contribution in [3.63, 3.8) is 0 Å². The van der Waals surface area contributed by atoms with Crippen molar-refractivity contribution in [2.75, 3.05) is 5.32 Å². The van der Waals surface area contributed by atoms with E-state index >= 15 is 0 Å². The fourth-order valence-electron chi connectivity index (χ4n) is 2.37. The predicted octanol–water partition coefficient (Wildman–Crippen LogP) is 4.46. The van der Waals surface area contributed by atoms with Gasteiger partial charge in [-0.2, -0.15) is 0 Å². The van der Waals surface area contributed by atoms with Gasteiger partial charge in [-0.15, -0.1) is 0 Å². The maximum absolute atomic E-state index is 13.4. The number of halogens is 2. The minimum atomic E-state index is -0.460. The maximum Gasteiger partial charge on any atom is 0.257 e. The summed E-state index contributed by atoms with van der Waals surface area (Å²) in [5.74, 6) is -1.11. The number of anilines is 1. The van der Waals surface area contributed by atoms with E-state index in [2.05, 4.69) is 21.2 Å². The van der Waals surface area contributed by atoms with E-state index in [1.165, 1.54) is 35.9 Å². The monoisotopic (exact) mass is 374 g/mol. The van der Waals surface area contributed by atoms with Crippen molar-refractivity contribution in [3.05, 3.63) is 64.5 Å². The van der Waals surface area contributed by atoms with Crippen molar-refractivity contribution in [2.24, 2.45) is 0 Å². The lowest BCUT2D eigenvalue weighted by Crippen LogP contribution is -2.11. The van der Waals surface area contributed by atoms with Crippen molar-refractivity contribution in [1.82, 2.24) is 4.57 Å². The van der Waals surface area contributed by atoms with Gasteiger partial charge in [0.1, 0.15) is 5.82 Å². The largest absolute Gasteiger partial charge is 0.322 e. The topological polar surface area (TPSA) is 51.1 Å². The van der Waals surface area contributed by atoms with Gasteiger partial charge in [0.2, 0.25) is 5.91 Å². The van der Waals surface area contributed by atoms with Gasteiger partial charge >= 0.3 is 0 Å². The van der Waals surface area contributed by atoms with Crippen molar-refractivity contribution in [3.8, 4) is 0 Å². The normalized spacial score (nSPS) is 10.7. The van der Waals surface area contributed by atoms with Crippen molar-refractivity contribution >= 4 is 44.3 Å². The molecule has 0 spiro atoms. The van der Waals surface area contributed by atoms with E-state index in [0.717, 1.165) is 4.47 Å². The fourth-order valence-corrected chi connectivity index (χ4v) is 2.64. The van der Waals surface area contributed by atoms with Crippen LogP contribution in [0.5, 0.6) is 0 Å². The van der Waals surface area contributed by atoms with E-state index in [1.807, 2.05) is 12.1 Å². The van der Waals surface area contributed by atoms with Crippen LogP contribution in [0.3, 0.4) is 0 Å². The molecule has 3 aromatic rings. The summed E-state index contributed by atoms with van der Waals surface area (Å²) >= 11 is 3.33. The zero-order valence-electron chi connectivity index (χ0n) is 12.1. The molecule has 1 heterocycles. The molecule has 0 unspecified atom stereocenters. The number of rotatable bonds is 2.